The molecule has 1 amide bonds. The van der Waals surface area contributed by atoms with Crippen LogP contribution in [0, 0.1) is 17.2 Å². The van der Waals surface area contributed by atoms with Crippen molar-refractivity contribution in [3.63, 3.8) is 0 Å². The highest BCUT2D eigenvalue weighted by atomic mass is 16.5. The van der Waals surface area contributed by atoms with Crippen molar-refractivity contribution in [3.8, 4) is 11.8 Å². The van der Waals surface area contributed by atoms with Crippen LogP contribution < -0.4 is 10.1 Å². The number of carbonyl (C=O) groups is 1. The molecule has 2 aromatic carbocycles. The van der Waals surface area contributed by atoms with E-state index in [0.29, 0.717) is 17.2 Å². The molecule has 0 spiro atoms. The van der Waals surface area contributed by atoms with Gasteiger partial charge in [-0.1, -0.05) is 30.3 Å². The number of nitriles is 1. The van der Waals surface area contributed by atoms with Crippen LogP contribution in [-0.4, -0.2) is 12.5 Å². The van der Waals surface area contributed by atoms with Crippen LogP contribution in [0.25, 0.3) is 0 Å². The second kappa shape index (κ2) is 6.97. The van der Waals surface area contributed by atoms with Crippen molar-refractivity contribution in [1.82, 2.24) is 5.32 Å². The van der Waals surface area contributed by atoms with Crippen molar-refractivity contribution in [2.75, 3.05) is 6.61 Å². The summed E-state index contributed by atoms with van der Waals surface area (Å²) < 4.78 is 5.48. The van der Waals surface area contributed by atoms with Crippen molar-refractivity contribution >= 4 is 5.91 Å². The topological polar surface area (TPSA) is 62.1 Å². The largest absolute Gasteiger partial charge is 0.484 e. The summed E-state index contributed by atoms with van der Waals surface area (Å²) in [6.45, 7) is -0.0258. The first-order chi connectivity index (χ1) is 11.3. The molecule has 23 heavy (non-hydrogen) atoms. The molecule has 4 heteroatoms. The fourth-order valence-electron chi connectivity index (χ4n) is 2.55. The molecule has 1 fully saturated rings. The van der Waals surface area contributed by atoms with Crippen LogP contribution in [0.5, 0.6) is 5.75 Å². The first kappa shape index (κ1) is 15.1. The third-order valence-electron chi connectivity index (χ3n) is 3.92. The van der Waals surface area contributed by atoms with Crippen molar-refractivity contribution in [2.45, 2.75) is 18.9 Å². The molecule has 1 aliphatic carbocycles. The van der Waals surface area contributed by atoms with Crippen LogP contribution in [0.1, 0.15) is 30.0 Å². The normalized spacial score (nSPS) is 14.6. The average molecular weight is 306 g/mol. The Kier molecular flexibility index (Phi) is 4.58. The SMILES string of the molecule is N#Cc1ccc(OCC(=O)N[C@@H](c2ccccc2)C2CC2)cc1. The Labute approximate surface area is 135 Å². The Hall–Kier alpha value is -2.80. The minimum Gasteiger partial charge on any atom is -0.484 e. The summed E-state index contributed by atoms with van der Waals surface area (Å²) in [5, 5.41) is 11.8. The highest BCUT2D eigenvalue weighted by Crippen LogP contribution is 2.40. The maximum atomic E-state index is 12.2. The van der Waals surface area contributed by atoms with Gasteiger partial charge in [-0.05, 0) is 48.6 Å². The number of nitrogens with one attached hydrogen (secondary N) is 1. The summed E-state index contributed by atoms with van der Waals surface area (Å²) >= 11 is 0. The molecule has 0 bridgehead atoms. The molecule has 1 saturated carbocycles. The smallest absolute Gasteiger partial charge is 0.258 e. The van der Waals surface area contributed by atoms with Gasteiger partial charge in [-0.2, -0.15) is 5.26 Å². The molecule has 0 saturated heterocycles. The molecule has 1 aliphatic rings. The van der Waals surface area contributed by atoms with Crippen LogP contribution >= 0.6 is 0 Å². The Morgan fingerprint density at radius 3 is 2.48 bits per heavy atom. The summed E-state index contributed by atoms with van der Waals surface area (Å²) in [6.07, 6.45) is 2.30. The van der Waals surface area contributed by atoms with Gasteiger partial charge in [0.2, 0.25) is 0 Å². The summed E-state index contributed by atoms with van der Waals surface area (Å²) in [4.78, 5) is 12.2. The zero-order chi connectivity index (χ0) is 16.1. The number of ether oxygens (including phenoxy) is 1. The summed E-state index contributed by atoms with van der Waals surface area (Å²) in [5.74, 6) is 0.980. The molecule has 1 N–H and O–H groups in total. The van der Waals surface area contributed by atoms with E-state index in [1.54, 1.807) is 24.3 Å². The molecule has 116 valence electrons. The fraction of sp³-hybridized carbons (Fsp3) is 0.263. The number of hydrogen-bond donors (Lipinski definition) is 1. The minimum atomic E-state index is -0.130. The average Bonchev–Trinajstić information content (AvgIpc) is 3.44. The van der Waals surface area contributed by atoms with E-state index in [4.69, 9.17) is 10.00 Å². The van der Waals surface area contributed by atoms with Gasteiger partial charge in [-0.15, -0.1) is 0 Å². The van der Waals surface area contributed by atoms with Gasteiger partial charge in [-0.25, -0.2) is 0 Å². The van der Waals surface area contributed by atoms with E-state index in [9.17, 15) is 4.79 Å². The van der Waals surface area contributed by atoms with Crippen molar-refractivity contribution in [2.24, 2.45) is 5.92 Å². The molecule has 3 rings (SSSR count). The molecule has 4 nitrogen and oxygen atoms in total. The van der Waals surface area contributed by atoms with E-state index in [1.807, 2.05) is 36.4 Å². The minimum absolute atomic E-state index is 0.0258. The first-order valence-electron chi connectivity index (χ1n) is 7.73. The molecular formula is C19H18N2O2. The van der Waals surface area contributed by atoms with E-state index < -0.39 is 0 Å². The van der Waals surface area contributed by atoms with Crippen molar-refractivity contribution in [1.29, 1.82) is 5.26 Å². The lowest BCUT2D eigenvalue weighted by Crippen LogP contribution is -2.33. The predicted molar refractivity (Wildman–Crippen MR) is 86.7 cm³/mol. The lowest BCUT2D eigenvalue weighted by molar-refractivity contribution is -0.124. The van der Waals surface area contributed by atoms with Gasteiger partial charge in [0, 0.05) is 0 Å². The van der Waals surface area contributed by atoms with E-state index in [1.165, 1.54) is 0 Å². The zero-order valence-corrected chi connectivity index (χ0v) is 12.7. The standard InChI is InChI=1S/C19H18N2O2/c20-12-14-6-10-17(11-7-14)23-13-18(22)21-19(16-8-9-16)15-4-2-1-3-5-15/h1-7,10-11,16,19H,8-9,13H2,(H,21,22)/t19-/m0/s1. The molecule has 0 aromatic heterocycles. The van der Waals surface area contributed by atoms with E-state index in [-0.39, 0.29) is 18.6 Å². The second-order valence-electron chi connectivity index (χ2n) is 5.72. The highest BCUT2D eigenvalue weighted by molar-refractivity contribution is 5.78. The molecular weight excluding hydrogens is 288 g/mol. The third-order valence-corrected chi connectivity index (χ3v) is 3.92. The van der Waals surface area contributed by atoms with E-state index in [2.05, 4.69) is 5.32 Å². The van der Waals surface area contributed by atoms with Crippen LogP contribution in [0.4, 0.5) is 0 Å². The zero-order valence-electron chi connectivity index (χ0n) is 12.7. The number of nitrogens with zero attached hydrogens (tertiary/aromatic N) is 1. The number of benzene rings is 2. The maximum Gasteiger partial charge on any atom is 0.258 e. The summed E-state index contributed by atoms with van der Waals surface area (Å²) in [6, 6.07) is 18.9. The first-order valence-corrected chi connectivity index (χ1v) is 7.73. The Balaban J connectivity index is 1.56. The van der Waals surface area contributed by atoms with Crippen LogP contribution in [0.15, 0.2) is 54.6 Å². The molecule has 1 atom stereocenters. The van der Waals surface area contributed by atoms with Gasteiger partial charge in [0.1, 0.15) is 5.75 Å². The summed E-state index contributed by atoms with van der Waals surface area (Å²) in [5.41, 5.74) is 1.71. The van der Waals surface area contributed by atoms with Gasteiger partial charge >= 0.3 is 0 Å². The van der Waals surface area contributed by atoms with E-state index in [0.717, 1.165) is 18.4 Å². The monoisotopic (exact) mass is 306 g/mol. The number of carbonyl (C=O) groups excluding carboxylic acids is 1. The summed E-state index contributed by atoms with van der Waals surface area (Å²) in [7, 11) is 0. The quantitative estimate of drug-likeness (QED) is 0.891. The second-order valence-corrected chi connectivity index (χ2v) is 5.72. The Morgan fingerprint density at radius 2 is 1.87 bits per heavy atom. The number of rotatable bonds is 6. The van der Waals surface area contributed by atoms with Crippen LogP contribution in [0.2, 0.25) is 0 Å². The maximum absolute atomic E-state index is 12.2. The highest BCUT2D eigenvalue weighted by Gasteiger charge is 2.33. The molecule has 0 heterocycles. The fourth-order valence-corrected chi connectivity index (χ4v) is 2.55. The molecule has 0 aliphatic heterocycles. The Bertz CT molecular complexity index is 700. The lowest BCUT2D eigenvalue weighted by atomic mass is 10.0. The van der Waals surface area contributed by atoms with Gasteiger partial charge in [-0.3, -0.25) is 4.79 Å². The molecule has 2 aromatic rings. The van der Waals surface area contributed by atoms with Crippen LogP contribution in [0.3, 0.4) is 0 Å². The number of hydrogen-bond acceptors (Lipinski definition) is 3. The molecule has 0 unspecified atom stereocenters. The van der Waals surface area contributed by atoms with Crippen molar-refractivity contribution in [3.05, 3.63) is 65.7 Å². The van der Waals surface area contributed by atoms with E-state index >= 15 is 0 Å². The third kappa shape index (κ3) is 4.10. The van der Waals surface area contributed by atoms with Crippen LogP contribution in [-0.2, 0) is 4.79 Å². The van der Waals surface area contributed by atoms with Gasteiger partial charge < -0.3 is 10.1 Å². The lowest BCUT2D eigenvalue weighted by Gasteiger charge is -2.19. The van der Waals surface area contributed by atoms with Gasteiger partial charge in [0.05, 0.1) is 17.7 Å². The van der Waals surface area contributed by atoms with Gasteiger partial charge in [0.15, 0.2) is 6.61 Å². The van der Waals surface area contributed by atoms with Gasteiger partial charge in [0.25, 0.3) is 5.91 Å². The molecule has 0 radical (unpaired) electrons. The van der Waals surface area contributed by atoms with Crippen molar-refractivity contribution < 1.29 is 9.53 Å². The number of amides is 1. The Morgan fingerprint density at radius 1 is 1.17 bits per heavy atom. The predicted octanol–water partition coefficient (Wildman–Crippen LogP) is 3.20.